The molecule has 7 nitrogen and oxygen atoms in total. The average Bonchev–Trinajstić information content (AvgIpc) is 3.42. The number of aryl methyl sites for hydroxylation is 1. The molecule has 160 valence electrons. The maximum atomic E-state index is 12.7. The maximum Gasteiger partial charge on any atom is 0.277 e. The van der Waals surface area contributed by atoms with Gasteiger partial charge in [-0.1, -0.05) is 36.0 Å². The number of aromatic nitrogens is 3. The van der Waals surface area contributed by atoms with Crippen LogP contribution >= 0.6 is 23.1 Å². The third-order valence-electron chi connectivity index (χ3n) is 4.76. The Morgan fingerprint density at radius 1 is 1.23 bits per heavy atom. The molecule has 0 aliphatic rings. The van der Waals surface area contributed by atoms with Crippen LogP contribution in [-0.4, -0.2) is 38.8 Å². The van der Waals surface area contributed by atoms with Gasteiger partial charge in [0.25, 0.3) is 11.1 Å². The number of rotatable bonds is 8. The van der Waals surface area contributed by atoms with Crippen LogP contribution in [0.4, 0.5) is 0 Å². The molecule has 0 aliphatic heterocycles. The monoisotopic (exact) mass is 454 g/mol. The molecular formula is C22H22N4O3S2. The number of thioether (sulfide) groups is 1. The molecule has 0 saturated heterocycles. The lowest BCUT2D eigenvalue weighted by molar-refractivity contribution is -0.128. The van der Waals surface area contributed by atoms with E-state index < -0.39 is 0 Å². The highest BCUT2D eigenvalue weighted by molar-refractivity contribution is 7.99. The van der Waals surface area contributed by atoms with Crippen LogP contribution in [0.3, 0.4) is 0 Å². The Morgan fingerprint density at radius 2 is 2.06 bits per heavy atom. The molecular weight excluding hydrogens is 432 g/mol. The molecule has 0 spiro atoms. The molecule has 31 heavy (non-hydrogen) atoms. The van der Waals surface area contributed by atoms with Crippen molar-refractivity contribution in [3.8, 4) is 5.75 Å². The molecule has 9 heteroatoms. The molecule has 2 aromatic carbocycles. The predicted octanol–water partition coefficient (Wildman–Crippen LogP) is 4.88. The largest absolute Gasteiger partial charge is 0.484 e. The molecule has 0 saturated carbocycles. The minimum Gasteiger partial charge on any atom is -0.484 e. The van der Waals surface area contributed by atoms with Crippen LogP contribution in [0.15, 0.2) is 58.2 Å². The highest BCUT2D eigenvalue weighted by atomic mass is 32.2. The van der Waals surface area contributed by atoms with E-state index in [1.165, 1.54) is 11.8 Å². The van der Waals surface area contributed by atoms with E-state index in [1.807, 2.05) is 62.4 Å². The first-order valence-corrected chi connectivity index (χ1v) is 11.6. The molecule has 0 N–H and O–H groups in total. The van der Waals surface area contributed by atoms with E-state index in [1.54, 1.807) is 23.3 Å². The standard InChI is InChI=1S/C22H22N4O3S2/c1-14-7-6-8-16(11-14)28-12-19-24-25-22(29-19)30-13-20(27)26(3)15(2)21-23-17-9-4-5-10-18(17)31-21/h4-11,15H,12-13H2,1-3H3/t15-/m0/s1. The van der Waals surface area contributed by atoms with Gasteiger partial charge in [0.15, 0.2) is 6.61 Å². The van der Waals surface area contributed by atoms with Gasteiger partial charge in [0.05, 0.1) is 22.0 Å². The zero-order valence-corrected chi connectivity index (χ0v) is 19.1. The van der Waals surface area contributed by atoms with Crippen LogP contribution < -0.4 is 4.74 Å². The summed E-state index contributed by atoms with van der Waals surface area (Å²) in [7, 11) is 1.79. The van der Waals surface area contributed by atoms with Gasteiger partial charge in [-0.3, -0.25) is 4.79 Å². The lowest BCUT2D eigenvalue weighted by atomic mass is 10.2. The third kappa shape index (κ3) is 5.23. The van der Waals surface area contributed by atoms with E-state index in [4.69, 9.17) is 9.15 Å². The summed E-state index contributed by atoms with van der Waals surface area (Å²) in [5.41, 5.74) is 2.07. The average molecular weight is 455 g/mol. The van der Waals surface area contributed by atoms with E-state index in [9.17, 15) is 4.79 Å². The zero-order valence-electron chi connectivity index (χ0n) is 17.4. The number of carbonyl (C=O) groups is 1. The summed E-state index contributed by atoms with van der Waals surface area (Å²) in [4.78, 5) is 19.0. The van der Waals surface area contributed by atoms with Gasteiger partial charge in [-0.05, 0) is 43.7 Å². The minimum atomic E-state index is -0.119. The second-order valence-corrected chi connectivity index (χ2v) is 9.04. The SMILES string of the molecule is Cc1cccc(OCc2nnc(SCC(=O)N(C)[C@@H](C)c3nc4ccccc4s3)o2)c1. The summed E-state index contributed by atoms with van der Waals surface area (Å²) in [5, 5.41) is 9.24. The molecule has 0 radical (unpaired) electrons. The van der Waals surface area contributed by atoms with E-state index in [2.05, 4.69) is 15.2 Å². The maximum absolute atomic E-state index is 12.7. The molecule has 0 bridgehead atoms. The fourth-order valence-corrected chi connectivity index (χ4v) is 4.65. The Hall–Kier alpha value is -2.91. The number of thiazole rings is 1. The van der Waals surface area contributed by atoms with E-state index in [-0.39, 0.29) is 24.3 Å². The Morgan fingerprint density at radius 3 is 2.87 bits per heavy atom. The van der Waals surface area contributed by atoms with Crippen molar-refractivity contribution in [2.45, 2.75) is 31.7 Å². The van der Waals surface area contributed by atoms with Crippen molar-refractivity contribution in [3.63, 3.8) is 0 Å². The van der Waals surface area contributed by atoms with Crippen molar-refractivity contribution in [1.82, 2.24) is 20.1 Å². The van der Waals surface area contributed by atoms with Gasteiger partial charge < -0.3 is 14.1 Å². The normalized spacial score (nSPS) is 12.1. The number of amides is 1. The van der Waals surface area contributed by atoms with Crippen molar-refractivity contribution >= 4 is 39.2 Å². The van der Waals surface area contributed by atoms with Gasteiger partial charge >= 0.3 is 0 Å². The lowest BCUT2D eigenvalue weighted by Crippen LogP contribution is -2.31. The molecule has 2 heterocycles. The number of nitrogens with zero attached hydrogens (tertiary/aromatic N) is 4. The fourth-order valence-electron chi connectivity index (χ4n) is 2.88. The molecule has 4 aromatic rings. The van der Waals surface area contributed by atoms with Gasteiger partial charge in [0, 0.05) is 7.05 Å². The number of ether oxygens (including phenoxy) is 1. The number of fused-ring (bicyclic) bond motifs is 1. The zero-order chi connectivity index (χ0) is 21.8. The summed E-state index contributed by atoms with van der Waals surface area (Å²) in [5.74, 6) is 1.28. The first kappa shape index (κ1) is 21.3. The first-order valence-electron chi connectivity index (χ1n) is 9.75. The van der Waals surface area contributed by atoms with Gasteiger partial charge in [0.1, 0.15) is 10.8 Å². The Bertz CT molecular complexity index is 1160. The van der Waals surface area contributed by atoms with Gasteiger partial charge in [0.2, 0.25) is 5.91 Å². The smallest absolute Gasteiger partial charge is 0.277 e. The molecule has 1 amide bonds. The van der Waals surface area contributed by atoms with Crippen molar-refractivity contribution in [2.75, 3.05) is 12.8 Å². The Labute approximate surface area is 188 Å². The van der Waals surface area contributed by atoms with Gasteiger partial charge in [-0.15, -0.1) is 21.5 Å². The number of carbonyl (C=O) groups excluding carboxylic acids is 1. The molecule has 0 fully saturated rings. The summed E-state index contributed by atoms with van der Waals surface area (Å²) in [6.07, 6.45) is 0. The molecule has 2 aromatic heterocycles. The number of hydrogen-bond donors (Lipinski definition) is 0. The summed E-state index contributed by atoms with van der Waals surface area (Å²) >= 11 is 2.82. The van der Waals surface area contributed by atoms with Crippen LogP contribution in [0.5, 0.6) is 5.75 Å². The summed E-state index contributed by atoms with van der Waals surface area (Å²) < 4.78 is 12.4. The van der Waals surface area contributed by atoms with E-state index in [0.717, 1.165) is 26.5 Å². The highest BCUT2D eigenvalue weighted by Crippen LogP contribution is 2.29. The van der Waals surface area contributed by atoms with Gasteiger partial charge in [-0.2, -0.15) is 0 Å². The highest BCUT2D eigenvalue weighted by Gasteiger charge is 2.21. The fraction of sp³-hybridized carbons (Fsp3) is 0.273. The van der Waals surface area contributed by atoms with E-state index >= 15 is 0 Å². The quantitative estimate of drug-likeness (QED) is 0.351. The van der Waals surface area contributed by atoms with Crippen LogP contribution in [0.2, 0.25) is 0 Å². The summed E-state index contributed by atoms with van der Waals surface area (Å²) in [6.45, 7) is 4.16. The number of para-hydroxylation sites is 1. The number of benzene rings is 2. The van der Waals surface area contributed by atoms with Crippen molar-refractivity contribution in [1.29, 1.82) is 0 Å². The molecule has 0 aliphatic carbocycles. The molecule has 0 unspecified atom stereocenters. The lowest BCUT2D eigenvalue weighted by Gasteiger charge is -2.22. The van der Waals surface area contributed by atoms with Gasteiger partial charge in [-0.25, -0.2) is 4.98 Å². The third-order valence-corrected chi connectivity index (χ3v) is 6.77. The minimum absolute atomic E-state index is 0.0347. The van der Waals surface area contributed by atoms with Crippen LogP contribution in [-0.2, 0) is 11.4 Å². The number of hydrogen-bond acceptors (Lipinski definition) is 8. The Balaban J connectivity index is 1.30. The van der Waals surface area contributed by atoms with E-state index in [0.29, 0.717) is 11.1 Å². The molecule has 1 atom stereocenters. The molecule has 4 rings (SSSR count). The topological polar surface area (TPSA) is 81.4 Å². The predicted molar refractivity (Wildman–Crippen MR) is 121 cm³/mol. The Kier molecular flexibility index (Phi) is 6.53. The van der Waals surface area contributed by atoms with Crippen LogP contribution in [0, 0.1) is 6.92 Å². The van der Waals surface area contributed by atoms with Crippen LogP contribution in [0.1, 0.15) is 29.4 Å². The van der Waals surface area contributed by atoms with Crippen molar-refractivity contribution in [2.24, 2.45) is 0 Å². The van der Waals surface area contributed by atoms with Crippen LogP contribution in [0.25, 0.3) is 10.2 Å². The summed E-state index contributed by atoms with van der Waals surface area (Å²) in [6, 6.07) is 15.6. The van der Waals surface area contributed by atoms with Crippen molar-refractivity contribution in [3.05, 3.63) is 65.0 Å². The second kappa shape index (κ2) is 9.49. The van der Waals surface area contributed by atoms with Crippen molar-refractivity contribution < 1.29 is 13.9 Å². The first-order chi connectivity index (χ1) is 15.0. The second-order valence-electron chi connectivity index (χ2n) is 7.06.